The highest BCUT2D eigenvalue weighted by molar-refractivity contribution is 6.05. The number of anilines is 3. The lowest BCUT2D eigenvalue weighted by Crippen LogP contribution is -2.41. The predicted molar refractivity (Wildman–Crippen MR) is 231 cm³/mol. The molecule has 0 aliphatic heterocycles. The molecule has 0 saturated heterocycles. The minimum Gasteiger partial charge on any atom is -0.309 e. The van der Waals surface area contributed by atoms with Crippen molar-refractivity contribution in [3.8, 4) is 22.3 Å². The summed E-state index contributed by atoms with van der Waals surface area (Å²) in [5.74, 6) is 0. The molecular weight excluding hydrogens is 663 g/mol. The van der Waals surface area contributed by atoms with Crippen LogP contribution in [0.1, 0.15) is 47.2 Å². The lowest BCUT2D eigenvalue weighted by atomic mass is 9.54. The summed E-state index contributed by atoms with van der Waals surface area (Å²) >= 11 is 0. The van der Waals surface area contributed by atoms with Crippen LogP contribution < -0.4 is 4.90 Å². The summed E-state index contributed by atoms with van der Waals surface area (Å²) in [4.78, 5) is 2.44. The summed E-state index contributed by atoms with van der Waals surface area (Å²) in [5.41, 5.74) is 16.2. The highest BCUT2D eigenvalue weighted by Crippen LogP contribution is 2.63. The Bertz CT molecular complexity index is 2830. The molecule has 2 aliphatic rings. The van der Waals surface area contributed by atoms with Crippen LogP contribution in [-0.2, 0) is 10.8 Å². The number of hydrogen-bond donors (Lipinski definition) is 0. The molecule has 260 valence electrons. The van der Waals surface area contributed by atoms with Gasteiger partial charge in [0.25, 0.3) is 0 Å². The van der Waals surface area contributed by atoms with Gasteiger partial charge >= 0.3 is 0 Å². The molecule has 9 aromatic rings. The normalized spacial score (nSPS) is 14.3. The molecule has 11 rings (SSSR count). The third-order valence-electron chi connectivity index (χ3n) is 12.5. The Morgan fingerprint density at radius 2 is 0.782 bits per heavy atom. The SMILES string of the molecule is CC1(C)c2ccccc2C2(c3ccccc3-c3ccccc32)c2c(-c3ccc(N(c4cccc5ccccc45)c4cccc5ccccc45)cc3)cccc21. The van der Waals surface area contributed by atoms with Crippen LogP contribution in [0.3, 0.4) is 0 Å². The monoisotopic (exact) mass is 701 g/mol. The number of rotatable bonds is 4. The minimum atomic E-state index is -0.457. The zero-order chi connectivity index (χ0) is 36.7. The van der Waals surface area contributed by atoms with E-state index in [9.17, 15) is 0 Å². The van der Waals surface area contributed by atoms with E-state index in [2.05, 4.69) is 219 Å². The van der Waals surface area contributed by atoms with E-state index in [0.29, 0.717) is 0 Å². The summed E-state index contributed by atoms with van der Waals surface area (Å²) in [6.07, 6.45) is 0. The molecule has 0 bridgehead atoms. The van der Waals surface area contributed by atoms with E-state index in [1.54, 1.807) is 0 Å². The lowest BCUT2D eigenvalue weighted by molar-refractivity contribution is 0.564. The molecule has 0 aromatic heterocycles. The van der Waals surface area contributed by atoms with Gasteiger partial charge in [-0.15, -0.1) is 0 Å². The van der Waals surface area contributed by atoms with Gasteiger partial charge in [0.2, 0.25) is 0 Å². The van der Waals surface area contributed by atoms with Crippen molar-refractivity contribution in [1.29, 1.82) is 0 Å². The summed E-state index contributed by atoms with van der Waals surface area (Å²) < 4.78 is 0. The maximum absolute atomic E-state index is 2.44. The Kier molecular flexibility index (Phi) is 6.88. The molecule has 1 spiro atoms. The molecule has 0 radical (unpaired) electrons. The van der Waals surface area contributed by atoms with Gasteiger partial charge in [-0.1, -0.05) is 190 Å². The summed E-state index contributed by atoms with van der Waals surface area (Å²) in [6, 6.07) is 74.5. The van der Waals surface area contributed by atoms with Crippen LogP contribution in [0.2, 0.25) is 0 Å². The zero-order valence-corrected chi connectivity index (χ0v) is 31.0. The van der Waals surface area contributed by atoms with Gasteiger partial charge < -0.3 is 4.90 Å². The molecule has 9 aromatic carbocycles. The number of benzene rings is 9. The molecule has 1 nitrogen and oxygen atoms in total. The van der Waals surface area contributed by atoms with E-state index >= 15 is 0 Å². The summed E-state index contributed by atoms with van der Waals surface area (Å²) in [7, 11) is 0. The van der Waals surface area contributed by atoms with E-state index in [0.717, 1.165) is 17.1 Å². The fourth-order valence-electron chi connectivity index (χ4n) is 10.2. The summed E-state index contributed by atoms with van der Waals surface area (Å²) in [5, 5.41) is 4.90. The average molecular weight is 702 g/mol. The van der Waals surface area contributed by atoms with Crippen molar-refractivity contribution in [1.82, 2.24) is 0 Å². The van der Waals surface area contributed by atoms with Crippen molar-refractivity contribution < 1.29 is 0 Å². The van der Waals surface area contributed by atoms with Gasteiger partial charge in [-0.3, -0.25) is 0 Å². The molecule has 0 N–H and O–H groups in total. The molecule has 0 saturated carbocycles. The van der Waals surface area contributed by atoms with E-state index < -0.39 is 5.41 Å². The Labute approximate surface area is 322 Å². The first-order valence-electron chi connectivity index (χ1n) is 19.4. The second-order valence-electron chi connectivity index (χ2n) is 15.6. The van der Waals surface area contributed by atoms with Crippen molar-refractivity contribution in [2.24, 2.45) is 0 Å². The van der Waals surface area contributed by atoms with Gasteiger partial charge in [-0.05, 0) is 90.7 Å². The number of nitrogens with zero attached hydrogens (tertiary/aromatic N) is 1. The Morgan fingerprint density at radius 3 is 1.38 bits per heavy atom. The highest BCUT2D eigenvalue weighted by atomic mass is 15.1. The van der Waals surface area contributed by atoms with Crippen LogP contribution in [0.5, 0.6) is 0 Å². The second-order valence-corrected chi connectivity index (χ2v) is 15.6. The van der Waals surface area contributed by atoms with Crippen molar-refractivity contribution in [3.63, 3.8) is 0 Å². The summed E-state index contributed by atoms with van der Waals surface area (Å²) in [6.45, 7) is 4.81. The third kappa shape index (κ3) is 4.41. The molecule has 0 fully saturated rings. The molecule has 0 unspecified atom stereocenters. The van der Waals surface area contributed by atoms with Crippen LogP contribution in [0.4, 0.5) is 17.1 Å². The minimum absolute atomic E-state index is 0.195. The first-order valence-corrected chi connectivity index (χ1v) is 19.4. The predicted octanol–water partition coefficient (Wildman–Crippen LogP) is 14.1. The fourth-order valence-corrected chi connectivity index (χ4v) is 10.2. The van der Waals surface area contributed by atoms with Crippen LogP contribution in [0.15, 0.2) is 200 Å². The maximum Gasteiger partial charge on any atom is 0.0725 e. The number of fused-ring (bicyclic) bond motifs is 11. The first-order chi connectivity index (χ1) is 27.1. The maximum atomic E-state index is 2.44. The molecule has 0 heterocycles. The standard InChI is InChI=1S/C54H39N/c1-53(2)47-27-11-12-28-48(47)54(45-25-9-7-22-43(45)44-23-8-10-26-46(44)54)52-42(24-15-29-49(52)53)38-32-34-39(35-33-38)55(50-30-13-18-36-16-3-5-20-40(36)50)51-31-14-19-37-17-4-6-21-41(37)51/h3-35H,1-2H3. The topological polar surface area (TPSA) is 3.24 Å². The fraction of sp³-hybridized carbons (Fsp3) is 0.0741. The third-order valence-corrected chi connectivity index (χ3v) is 12.5. The second kappa shape index (κ2) is 11.9. The van der Waals surface area contributed by atoms with Gasteiger partial charge in [0.05, 0.1) is 16.8 Å². The van der Waals surface area contributed by atoms with Crippen molar-refractivity contribution in [2.75, 3.05) is 4.90 Å². The number of hydrogen-bond acceptors (Lipinski definition) is 1. The van der Waals surface area contributed by atoms with Gasteiger partial charge in [0.1, 0.15) is 0 Å². The molecule has 0 amide bonds. The van der Waals surface area contributed by atoms with Gasteiger partial charge in [-0.2, -0.15) is 0 Å². The molecule has 1 heteroatoms. The molecule has 55 heavy (non-hydrogen) atoms. The van der Waals surface area contributed by atoms with Crippen LogP contribution in [-0.4, -0.2) is 0 Å². The van der Waals surface area contributed by atoms with Gasteiger partial charge in [0, 0.05) is 21.9 Å². The zero-order valence-electron chi connectivity index (χ0n) is 31.0. The highest BCUT2D eigenvalue weighted by Gasteiger charge is 2.54. The Balaban J connectivity index is 1.16. The van der Waals surface area contributed by atoms with Crippen LogP contribution in [0.25, 0.3) is 43.8 Å². The van der Waals surface area contributed by atoms with E-state index in [1.165, 1.54) is 77.2 Å². The average Bonchev–Trinajstić information content (AvgIpc) is 3.54. The van der Waals surface area contributed by atoms with Gasteiger partial charge in [-0.25, -0.2) is 0 Å². The van der Waals surface area contributed by atoms with E-state index in [1.807, 2.05) is 0 Å². The Hall–Kier alpha value is -6.70. The van der Waals surface area contributed by atoms with Crippen molar-refractivity contribution >= 4 is 38.6 Å². The van der Waals surface area contributed by atoms with Gasteiger partial charge in [0.15, 0.2) is 0 Å². The first kappa shape index (κ1) is 31.8. The van der Waals surface area contributed by atoms with E-state index in [-0.39, 0.29) is 5.41 Å². The van der Waals surface area contributed by atoms with Crippen molar-refractivity contribution in [3.05, 3.63) is 234 Å². The molecule has 2 aliphatic carbocycles. The largest absolute Gasteiger partial charge is 0.309 e. The molecule has 0 atom stereocenters. The quantitative estimate of drug-likeness (QED) is 0.177. The van der Waals surface area contributed by atoms with Crippen LogP contribution >= 0.6 is 0 Å². The lowest BCUT2D eigenvalue weighted by Gasteiger charge is -2.47. The molecular formula is C54H39N. The Morgan fingerprint density at radius 1 is 0.345 bits per heavy atom. The van der Waals surface area contributed by atoms with Crippen molar-refractivity contribution in [2.45, 2.75) is 24.7 Å². The van der Waals surface area contributed by atoms with Crippen LogP contribution in [0, 0.1) is 0 Å². The van der Waals surface area contributed by atoms with E-state index in [4.69, 9.17) is 0 Å². The smallest absolute Gasteiger partial charge is 0.0725 e.